The molecule has 1 heterocycles. The van der Waals surface area contributed by atoms with Crippen LogP contribution in [0.15, 0.2) is 34.9 Å². The topological polar surface area (TPSA) is 36.3 Å². The van der Waals surface area contributed by atoms with Gasteiger partial charge in [0.1, 0.15) is 13.3 Å². The normalized spacial score (nSPS) is 12.4. The van der Waals surface area contributed by atoms with E-state index in [1.807, 2.05) is 22.9 Å². The molecule has 2 rings (SSSR count). The van der Waals surface area contributed by atoms with Gasteiger partial charge in [-0.2, -0.15) is 5.10 Å². The molecule has 0 fully saturated rings. The molecule has 0 radical (unpaired) electrons. The number of rotatable bonds is 8. The summed E-state index contributed by atoms with van der Waals surface area (Å²) in [7, 11) is -1.09. The minimum Gasteiger partial charge on any atom is -0.484 e. The number of benzene rings is 1. The highest BCUT2D eigenvalue weighted by molar-refractivity contribution is 9.10. The SMILES string of the molecule is CC(C)(C)c1c(OCc2ccccc2)c(Br)nn1COCC[Si](C)(C)C. The van der Waals surface area contributed by atoms with Crippen molar-refractivity contribution in [3.63, 3.8) is 0 Å². The third-order valence-corrected chi connectivity index (χ3v) is 6.24. The van der Waals surface area contributed by atoms with Gasteiger partial charge in [-0.15, -0.1) is 0 Å². The summed E-state index contributed by atoms with van der Waals surface area (Å²) in [5.74, 6) is 0.801. The average molecular weight is 439 g/mol. The predicted molar refractivity (Wildman–Crippen MR) is 114 cm³/mol. The molecule has 0 saturated heterocycles. The zero-order chi connectivity index (χ0) is 19.4. The van der Waals surface area contributed by atoms with E-state index in [-0.39, 0.29) is 5.41 Å². The minimum atomic E-state index is -1.09. The fourth-order valence-electron chi connectivity index (χ4n) is 2.62. The van der Waals surface area contributed by atoms with Gasteiger partial charge in [0.15, 0.2) is 10.4 Å². The highest BCUT2D eigenvalue weighted by Gasteiger charge is 2.28. The standard InChI is InChI=1S/C20H31BrN2O2Si/c1-20(2,3)18-17(25-14-16-10-8-7-9-11-16)19(21)22-23(18)15-24-12-13-26(4,5)6/h7-11H,12-15H2,1-6H3. The molecule has 6 heteroatoms. The Kier molecular flexibility index (Phi) is 7.10. The molecule has 0 aliphatic heterocycles. The molecule has 0 bridgehead atoms. The smallest absolute Gasteiger partial charge is 0.176 e. The van der Waals surface area contributed by atoms with E-state index in [1.54, 1.807) is 0 Å². The second-order valence-electron chi connectivity index (χ2n) is 8.84. The largest absolute Gasteiger partial charge is 0.484 e. The maximum absolute atomic E-state index is 6.14. The Hall–Kier alpha value is -1.11. The molecular formula is C20H31BrN2O2Si. The van der Waals surface area contributed by atoms with Crippen LogP contribution in [0.2, 0.25) is 25.7 Å². The van der Waals surface area contributed by atoms with Crippen molar-refractivity contribution in [3.8, 4) is 5.75 Å². The number of hydrogen-bond donors (Lipinski definition) is 0. The van der Waals surface area contributed by atoms with Gasteiger partial charge in [0.2, 0.25) is 0 Å². The average Bonchev–Trinajstić information content (AvgIpc) is 2.85. The first-order valence-electron chi connectivity index (χ1n) is 9.09. The molecule has 1 aromatic carbocycles. The van der Waals surface area contributed by atoms with Crippen LogP contribution in [-0.2, 0) is 23.5 Å². The molecule has 0 atom stereocenters. The van der Waals surface area contributed by atoms with Gasteiger partial charge in [0, 0.05) is 20.1 Å². The summed E-state index contributed by atoms with van der Waals surface area (Å²) < 4.78 is 14.7. The van der Waals surface area contributed by atoms with Crippen LogP contribution in [0.25, 0.3) is 0 Å². The highest BCUT2D eigenvalue weighted by Crippen LogP contribution is 2.37. The summed E-state index contributed by atoms with van der Waals surface area (Å²) >= 11 is 3.57. The van der Waals surface area contributed by atoms with E-state index < -0.39 is 8.07 Å². The van der Waals surface area contributed by atoms with Gasteiger partial charge in [0.05, 0.1) is 5.69 Å². The number of nitrogens with zero attached hydrogens (tertiary/aromatic N) is 2. The lowest BCUT2D eigenvalue weighted by molar-refractivity contribution is 0.0737. The van der Waals surface area contributed by atoms with E-state index in [0.717, 1.165) is 34.3 Å². The van der Waals surface area contributed by atoms with Crippen molar-refractivity contribution >= 4 is 24.0 Å². The van der Waals surface area contributed by atoms with E-state index in [4.69, 9.17) is 9.47 Å². The van der Waals surface area contributed by atoms with Crippen molar-refractivity contribution in [2.45, 2.75) is 65.2 Å². The predicted octanol–water partition coefficient (Wildman–Crippen LogP) is 5.83. The lowest BCUT2D eigenvalue weighted by Crippen LogP contribution is -2.24. The molecule has 0 saturated carbocycles. The Morgan fingerprint density at radius 2 is 1.77 bits per heavy atom. The van der Waals surface area contributed by atoms with Gasteiger partial charge in [-0.05, 0) is 27.5 Å². The van der Waals surface area contributed by atoms with Crippen LogP contribution in [0.4, 0.5) is 0 Å². The van der Waals surface area contributed by atoms with Crippen molar-refractivity contribution in [2.75, 3.05) is 6.61 Å². The Bertz CT molecular complexity index is 703. The first kappa shape index (κ1) is 21.2. The molecule has 0 spiro atoms. The van der Waals surface area contributed by atoms with Crippen molar-refractivity contribution < 1.29 is 9.47 Å². The number of halogens is 1. The lowest BCUT2D eigenvalue weighted by Gasteiger charge is -2.22. The fourth-order valence-corrected chi connectivity index (χ4v) is 3.87. The van der Waals surface area contributed by atoms with E-state index in [0.29, 0.717) is 13.3 Å². The van der Waals surface area contributed by atoms with Crippen molar-refractivity contribution in [1.29, 1.82) is 0 Å². The van der Waals surface area contributed by atoms with Gasteiger partial charge in [-0.1, -0.05) is 70.7 Å². The van der Waals surface area contributed by atoms with Crippen LogP contribution in [0.3, 0.4) is 0 Å². The van der Waals surface area contributed by atoms with E-state index in [9.17, 15) is 0 Å². The Morgan fingerprint density at radius 3 is 2.35 bits per heavy atom. The van der Waals surface area contributed by atoms with Crippen LogP contribution < -0.4 is 4.74 Å². The Morgan fingerprint density at radius 1 is 1.12 bits per heavy atom. The summed E-state index contributed by atoms with van der Waals surface area (Å²) in [6.45, 7) is 15.3. The molecule has 26 heavy (non-hydrogen) atoms. The van der Waals surface area contributed by atoms with Crippen LogP contribution in [0.5, 0.6) is 5.75 Å². The summed E-state index contributed by atoms with van der Waals surface area (Å²) in [4.78, 5) is 0. The van der Waals surface area contributed by atoms with Gasteiger partial charge < -0.3 is 9.47 Å². The quantitative estimate of drug-likeness (QED) is 0.383. The molecule has 0 aliphatic rings. The maximum atomic E-state index is 6.14. The van der Waals surface area contributed by atoms with Crippen molar-refractivity contribution in [1.82, 2.24) is 9.78 Å². The fraction of sp³-hybridized carbons (Fsp3) is 0.550. The third kappa shape index (κ3) is 6.25. The van der Waals surface area contributed by atoms with Crippen LogP contribution in [-0.4, -0.2) is 24.5 Å². The number of hydrogen-bond acceptors (Lipinski definition) is 3. The van der Waals surface area contributed by atoms with Gasteiger partial charge >= 0.3 is 0 Å². The van der Waals surface area contributed by atoms with Crippen LogP contribution >= 0.6 is 15.9 Å². The molecule has 2 aromatic rings. The molecule has 0 N–H and O–H groups in total. The molecule has 1 aromatic heterocycles. The van der Waals surface area contributed by atoms with E-state index in [2.05, 4.69) is 73.6 Å². The second-order valence-corrected chi connectivity index (χ2v) is 15.2. The molecule has 0 aliphatic carbocycles. The number of ether oxygens (including phenoxy) is 2. The molecular weight excluding hydrogens is 408 g/mol. The van der Waals surface area contributed by atoms with Gasteiger partial charge in [-0.25, -0.2) is 4.68 Å². The molecule has 144 valence electrons. The monoisotopic (exact) mass is 438 g/mol. The van der Waals surface area contributed by atoms with Crippen molar-refractivity contribution in [2.24, 2.45) is 0 Å². The maximum Gasteiger partial charge on any atom is 0.176 e. The summed E-state index contributed by atoms with van der Waals surface area (Å²) in [5.41, 5.74) is 2.08. The number of aromatic nitrogens is 2. The van der Waals surface area contributed by atoms with Gasteiger partial charge in [0.25, 0.3) is 0 Å². The van der Waals surface area contributed by atoms with E-state index >= 15 is 0 Å². The molecule has 0 unspecified atom stereocenters. The first-order chi connectivity index (χ1) is 12.1. The lowest BCUT2D eigenvalue weighted by atomic mass is 9.91. The second kappa shape index (κ2) is 8.72. The summed E-state index contributed by atoms with van der Waals surface area (Å²) in [5, 5.41) is 4.62. The minimum absolute atomic E-state index is 0.104. The Balaban J connectivity index is 2.13. The Labute approximate surface area is 167 Å². The molecule has 4 nitrogen and oxygen atoms in total. The zero-order valence-electron chi connectivity index (χ0n) is 16.8. The first-order valence-corrected chi connectivity index (χ1v) is 13.6. The van der Waals surface area contributed by atoms with Crippen LogP contribution in [0, 0.1) is 0 Å². The van der Waals surface area contributed by atoms with E-state index in [1.165, 1.54) is 0 Å². The molecule has 0 amide bonds. The summed E-state index contributed by atoms with van der Waals surface area (Å²) in [6, 6.07) is 11.3. The highest BCUT2D eigenvalue weighted by atomic mass is 79.9. The van der Waals surface area contributed by atoms with Crippen molar-refractivity contribution in [3.05, 3.63) is 46.2 Å². The van der Waals surface area contributed by atoms with Gasteiger partial charge in [-0.3, -0.25) is 0 Å². The third-order valence-electron chi connectivity index (χ3n) is 4.02. The zero-order valence-corrected chi connectivity index (χ0v) is 19.4. The van der Waals surface area contributed by atoms with Crippen LogP contribution in [0.1, 0.15) is 32.0 Å². The summed E-state index contributed by atoms with van der Waals surface area (Å²) in [6.07, 6.45) is 0.